The molecule has 0 aliphatic carbocycles. The Balaban J connectivity index is 4.80. The van der Waals surface area contributed by atoms with Crippen LogP contribution in [0.15, 0.2) is 9.77 Å². The third-order valence-electron chi connectivity index (χ3n) is 3.22. The van der Waals surface area contributed by atoms with Gasteiger partial charge in [-0.25, -0.2) is 0 Å². The Morgan fingerprint density at radius 2 is 1.60 bits per heavy atom. The minimum Gasteiger partial charge on any atom is -0.480 e. The monoisotopic (exact) mass is 486 g/mol. The van der Waals surface area contributed by atoms with E-state index in [9.17, 15) is 24.0 Å². The first kappa shape index (κ1) is 28.0. The second kappa shape index (κ2) is 14.9. The molecule has 12 nitrogen and oxygen atoms in total. The van der Waals surface area contributed by atoms with Crippen molar-refractivity contribution < 1.29 is 39.3 Å². The fourth-order valence-electron chi connectivity index (χ4n) is 1.63. The summed E-state index contributed by atoms with van der Waals surface area (Å²) < 4.78 is 0.208. The molecule has 30 heavy (non-hydrogen) atoms. The second-order valence-electron chi connectivity index (χ2n) is 5.73. The number of thioether (sulfide) groups is 2. The number of carboxylic acid groups (broad SMARTS) is 3. The van der Waals surface area contributed by atoms with E-state index in [2.05, 4.69) is 10.6 Å². The summed E-state index contributed by atoms with van der Waals surface area (Å²) in [5.74, 6) is -5.12. The number of nitrogens with one attached hydrogen (secondary N) is 2. The van der Waals surface area contributed by atoms with Gasteiger partial charge in [-0.1, -0.05) is 11.6 Å². The maximum Gasteiger partial charge on any atom is 0.322 e. The molecule has 2 amide bonds. The summed E-state index contributed by atoms with van der Waals surface area (Å²) in [6, 6.07) is -3.47. The Bertz CT molecular complexity index is 679. The van der Waals surface area contributed by atoms with Gasteiger partial charge in [0, 0.05) is 17.9 Å². The normalized spacial score (nSPS) is 14.3. The van der Waals surface area contributed by atoms with E-state index in [1.54, 1.807) is 0 Å². The summed E-state index contributed by atoms with van der Waals surface area (Å²) >= 11 is 7.93. The van der Waals surface area contributed by atoms with Crippen LogP contribution in [0.1, 0.15) is 12.8 Å². The third-order valence-corrected chi connectivity index (χ3v) is 5.78. The van der Waals surface area contributed by atoms with E-state index in [0.717, 1.165) is 23.5 Å². The molecule has 0 unspecified atom stereocenters. The quantitative estimate of drug-likeness (QED) is 0.145. The molecule has 0 aromatic heterocycles. The zero-order valence-corrected chi connectivity index (χ0v) is 18.0. The highest BCUT2D eigenvalue weighted by Gasteiger charge is 2.22. The van der Waals surface area contributed by atoms with E-state index in [1.165, 1.54) is 5.41 Å². The highest BCUT2D eigenvalue weighted by molar-refractivity contribution is 8.07. The molecular weight excluding hydrogens is 464 g/mol. The Morgan fingerprint density at radius 1 is 1.00 bits per heavy atom. The van der Waals surface area contributed by atoms with Gasteiger partial charge in [-0.15, -0.1) is 23.5 Å². The molecule has 0 saturated carbocycles. The summed E-state index contributed by atoms with van der Waals surface area (Å²) in [7, 11) is 0. The molecule has 0 radical (unpaired) electrons. The van der Waals surface area contributed by atoms with E-state index >= 15 is 0 Å². The third kappa shape index (κ3) is 13.3. The van der Waals surface area contributed by atoms with Crippen LogP contribution in [0, 0.1) is 0 Å². The molecule has 3 atom stereocenters. The number of carbonyl (C=O) groups is 5. The first-order valence-electron chi connectivity index (χ1n) is 8.29. The molecule has 0 aliphatic rings. The number of hydrogen-bond donors (Lipinski definition) is 7. The molecule has 0 saturated heterocycles. The van der Waals surface area contributed by atoms with Gasteiger partial charge in [0.05, 0.1) is 4.36 Å². The molecule has 9 N–H and O–H groups in total. The lowest BCUT2D eigenvalue weighted by atomic mass is 10.1. The van der Waals surface area contributed by atoms with Gasteiger partial charge in [-0.3, -0.25) is 24.0 Å². The van der Waals surface area contributed by atoms with E-state index in [4.69, 9.17) is 38.4 Å². The van der Waals surface area contributed by atoms with Gasteiger partial charge in [-0.05, 0) is 11.8 Å². The first-order chi connectivity index (χ1) is 13.9. The highest BCUT2D eigenvalue weighted by atomic mass is 35.5. The number of carbonyl (C=O) groups excluding carboxylic acids is 2. The number of carboxylic acids is 3. The molecule has 0 bridgehead atoms. The van der Waals surface area contributed by atoms with Crippen LogP contribution in [0.25, 0.3) is 0 Å². The van der Waals surface area contributed by atoms with Crippen LogP contribution in [0.3, 0.4) is 0 Å². The lowest BCUT2D eigenvalue weighted by molar-refractivity contribution is -0.139. The summed E-state index contributed by atoms with van der Waals surface area (Å²) in [6.07, 6.45) is -0.398. The van der Waals surface area contributed by atoms with Crippen LogP contribution in [0.2, 0.25) is 0 Å². The molecule has 170 valence electrons. The lowest BCUT2D eigenvalue weighted by Gasteiger charge is -2.17. The molecule has 0 rings (SSSR count). The molecule has 0 aromatic rings. The van der Waals surface area contributed by atoms with Gasteiger partial charge in [0.1, 0.15) is 24.7 Å². The fourth-order valence-corrected chi connectivity index (χ4v) is 3.62. The first-order valence-corrected chi connectivity index (χ1v) is 10.7. The van der Waals surface area contributed by atoms with Crippen LogP contribution >= 0.6 is 35.1 Å². The zero-order valence-electron chi connectivity index (χ0n) is 15.6. The molecular formula is C15H23ClN4O8S2. The summed E-state index contributed by atoms with van der Waals surface area (Å²) in [6.45, 7) is -0.653. The van der Waals surface area contributed by atoms with Gasteiger partial charge < -0.3 is 37.4 Å². The Kier molecular flexibility index (Phi) is 13.9. The number of halogens is 1. The SMILES string of the molecule is N[C@@H](CCC(=O)N[C@@H](CSC=C(Cl)SC[C@H](N)C(=O)O)C(=O)NCC(=O)O)C(=O)O. The average Bonchev–Trinajstić information content (AvgIpc) is 2.67. The molecule has 0 heterocycles. The number of aliphatic carboxylic acids is 3. The van der Waals surface area contributed by atoms with Crippen LogP contribution in [-0.4, -0.2) is 81.2 Å². The van der Waals surface area contributed by atoms with E-state index in [-0.39, 0.29) is 28.7 Å². The largest absolute Gasteiger partial charge is 0.480 e. The predicted octanol–water partition coefficient (Wildman–Crippen LogP) is -1.22. The summed E-state index contributed by atoms with van der Waals surface area (Å²) in [4.78, 5) is 56.1. The Labute approximate surface area is 185 Å². The van der Waals surface area contributed by atoms with Gasteiger partial charge in [0.15, 0.2) is 0 Å². The topological polar surface area (TPSA) is 222 Å². The smallest absolute Gasteiger partial charge is 0.322 e. The van der Waals surface area contributed by atoms with E-state index in [0.29, 0.717) is 0 Å². The van der Waals surface area contributed by atoms with Gasteiger partial charge in [0.25, 0.3) is 0 Å². The fraction of sp³-hybridized carbons (Fsp3) is 0.533. The number of rotatable bonds is 15. The van der Waals surface area contributed by atoms with Crippen LogP contribution in [0.5, 0.6) is 0 Å². The van der Waals surface area contributed by atoms with Crippen molar-refractivity contribution in [3.63, 3.8) is 0 Å². The second-order valence-corrected chi connectivity index (χ2v) is 8.32. The maximum atomic E-state index is 12.1. The van der Waals surface area contributed by atoms with Crippen molar-refractivity contribution in [2.45, 2.75) is 31.0 Å². The lowest BCUT2D eigenvalue weighted by Crippen LogP contribution is -2.49. The number of amides is 2. The van der Waals surface area contributed by atoms with Crippen LogP contribution < -0.4 is 22.1 Å². The summed E-state index contributed by atoms with van der Waals surface area (Å²) in [5.41, 5.74) is 10.7. The molecule has 15 heteroatoms. The minimum atomic E-state index is -1.28. The van der Waals surface area contributed by atoms with Crippen LogP contribution in [0.4, 0.5) is 0 Å². The van der Waals surface area contributed by atoms with Crippen molar-refractivity contribution in [1.82, 2.24) is 10.6 Å². The predicted molar refractivity (Wildman–Crippen MR) is 112 cm³/mol. The van der Waals surface area contributed by atoms with Crippen molar-refractivity contribution >= 4 is 64.8 Å². The molecule has 0 spiro atoms. The van der Waals surface area contributed by atoms with Crippen molar-refractivity contribution in [2.75, 3.05) is 18.1 Å². The number of nitrogens with two attached hydrogens (primary N) is 2. The zero-order chi connectivity index (χ0) is 23.3. The van der Waals surface area contributed by atoms with E-state index < -0.39 is 54.4 Å². The van der Waals surface area contributed by atoms with Crippen LogP contribution in [-0.2, 0) is 24.0 Å². The molecule has 0 aliphatic heterocycles. The van der Waals surface area contributed by atoms with Crippen molar-refractivity contribution in [1.29, 1.82) is 0 Å². The standard InChI is InChI=1S/C15H23ClN4O8S2/c16-10(30-4-8(18)15(27)28)6-29-5-9(13(24)19-3-12(22)23)20-11(21)2-1-7(17)14(25)26/h6-9H,1-5,17-18H2,(H,19,24)(H,20,21)(H,22,23)(H,25,26)(H,27,28)/t7-,8-,9-/m0/s1. The van der Waals surface area contributed by atoms with Crippen molar-refractivity contribution in [3.05, 3.63) is 9.77 Å². The summed E-state index contributed by atoms with van der Waals surface area (Å²) in [5, 5.41) is 32.0. The number of hydrogen-bond acceptors (Lipinski definition) is 9. The van der Waals surface area contributed by atoms with Gasteiger partial charge in [-0.2, -0.15) is 0 Å². The van der Waals surface area contributed by atoms with Gasteiger partial charge >= 0.3 is 17.9 Å². The van der Waals surface area contributed by atoms with Gasteiger partial charge in [0.2, 0.25) is 11.8 Å². The Morgan fingerprint density at radius 3 is 2.13 bits per heavy atom. The minimum absolute atomic E-state index is 0.0221. The van der Waals surface area contributed by atoms with Crippen molar-refractivity contribution in [3.8, 4) is 0 Å². The molecule has 0 fully saturated rings. The Hall–Kier alpha value is -2.00. The van der Waals surface area contributed by atoms with E-state index in [1.807, 2.05) is 0 Å². The van der Waals surface area contributed by atoms with Crippen molar-refractivity contribution in [2.24, 2.45) is 11.5 Å². The molecule has 0 aromatic carbocycles. The highest BCUT2D eigenvalue weighted by Crippen LogP contribution is 2.24. The maximum absolute atomic E-state index is 12.1. The average molecular weight is 487 g/mol.